The van der Waals surface area contributed by atoms with Gasteiger partial charge in [0.15, 0.2) is 0 Å². The molecular formula is C48H81NO15. The highest BCUT2D eigenvalue weighted by Gasteiger charge is 2.03. The third-order valence-electron chi connectivity index (χ3n) is 9.06. The molecule has 0 heterocycles. The normalized spacial score (nSPS) is 11.3. The Kier molecular flexibility index (Phi) is 41.6. The first-order valence-electron chi connectivity index (χ1n) is 23.4. The number of ether oxygens (including phenoxy) is 14. The molecule has 0 saturated carbocycles. The minimum atomic E-state index is -0.471. The molecule has 0 saturated heterocycles. The summed E-state index contributed by atoms with van der Waals surface area (Å²) in [5.74, 6) is 0.880. The molecule has 0 aliphatic heterocycles. The van der Waals surface area contributed by atoms with Crippen LogP contribution in [0, 0.1) is 0 Å². The van der Waals surface area contributed by atoms with Gasteiger partial charge < -0.3 is 71.6 Å². The zero-order valence-corrected chi connectivity index (χ0v) is 38.9. The van der Waals surface area contributed by atoms with Crippen LogP contribution in [0.3, 0.4) is 0 Å². The molecule has 368 valence electrons. The Morgan fingerprint density at radius 2 is 0.750 bits per heavy atom. The topological polar surface area (TPSA) is 158 Å². The molecule has 0 unspecified atom stereocenters. The van der Waals surface area contributed by atoms with Gasteiger partial charge in [0, 0.05) is 6.54 Å². The predicted molar refractivity (Wildman–Crippen MR) is 243 cm³/mol. The lowest BCUT2D eigenvalue weighted by Gasteiger charge is -2.09. The van der Waals surface area contributed by atoms with Gasteiger partial charge in [-0.05, 0) is 36.1 Å². The van der Waals surface area contributed by atoms with Crippen LogP contribution in [0.4, 0.5) is 4.79 Å². The van der Waals surface area contributed by atoms with E-state index in [2.05, 4.69) is 24.4 Å². The summed E-state index contributed by atoms with van der Waals surface area (Å²) >= 11 is 0. The number of rotatable bonds is 49. The third-order valence-corrected chi connectivity index (χ3v) is 9.06. The van der Waals surface area contributed by atoms with E-state index < -0.39 is 6.09 Å². The summed E-state index contributed by atoms with van der Waals surface area (Å²) in [6.07, 6.45) is 8.59. The summed E-state index contributed by atoms with van der Waals surface area (Å²) in [5, 5.41) is 2.65. The second-order valence-corrected chi connectivity index (χ2v) is 14.3. The summed E-state index contributed by atoms with van der Waals surface area (Å²) in [7, 11) is 0. The summed E-state index contributed by atoms with van der Waals surface area (Å²) < 4.78 is 77.1. The van der Waals surface area contributed by atoms with E-state index in [0.29, 0.717) is 172 Å². The second kappa shape index (κ2) is 46.6. The summed E-state index contributed by atoms with van der Waals surface area (Å²) in [6, 6.07) is 17.9. The van der Waals surface area contributed by atoms with Crippen molar-refractivity contribution in [3.8, 4) is 5.75 Å². The van der Waals surface area contributed by atoms with Crippen LogP contribution in [0.1, 0.15) is 56.6 Å². The van der Waals surface area contributed by atoms with E-state index in [1.807, 2.05) is 42.5 Å². The number of unbranched alkanes of at least 4 members (excludes halogenated alkanes) is 5. The van der Waals surface area contributed by atoms with E-state index in [9.17, 15) is 4.79 Å². The van der Waals surface area contributed by atoms with Gasteiger partial charge in [-0.3, -0.25) is 0 Å². The number of nitrogens with one attached hydrogen (secondary N) is 1. The molecule has 0 aliphatic rings. The van der Waals surface area contributed by atoms with Crippen molar-refractivity contribution < 1.29 is 71.1 Å². The number of hydrogen-bond acceptors (Lipinski definition) is 15. The molecule has 0 radical (unpaired) electrons. The second-order valence-electron chi connectivity index (χ2n) is 14.3. The molecule has 0 fully saturated rings. The fraction of sp³-hybridized carbons (Fsp3) is 0.729. The Morgan fingerprint density at radius 1 is 0.391 bits per heavy atom. The van der Waals surface area contributed by atoms with Gasteiger partial charge in [-0.2, -0.15) is 0 Å². The fourth-order valence-electron chi connectivity index (χ4n) is 5.60. The van der Waals surface area contributed by atoms with Gasteiger partial charge in [-0.15, -0.1) is 0 Å². The van der Waals surface area contributed by atoms with Crippen LogP contribution >= 0.6 is 0 Å². The van der Waals surface area contributed by atoms with E-state index in [0.717, 1.165) is 17.7 Å². The van der Waals surface area contributed by atoms with Crippen molar-refractivity contribution in [3.63, 3.8) is 0 Å². The number of amides is 1. The largest absolute Gasteiger partial charge is 0.491 e. The average Bonchev–Trinajstić information content (AvgIpc) is 3.32. The zero-order valence-electron chi connectivity index (χ0n) is 38.9. The van der Waals surface area contributed by atoms with Crippen molar-refractivity contribution >= 4 is 6.09 Å². The van der Waals surface area contributed by atoms with Crippen molar-refractivity contribution in [1.29, 1.82) is 0 Å². The van der Waals surface area contributed by atoms with Crippen molar-refractivity contribution in [3.05, 3.63) is 65.7 Å². The standard InChI is InChI=1S/C48H81NO15/c1-2-3-4-5-6-8-11-45-14-16-47(17-15-45)63-43-42-62-41-40-61-39-38-60-37-36-59-35-34-58-33-32-57-31-30-56-29-28-55-27-26-54-25-24-53-23-22-52-21-20-51-19-18-49-48(50)64-44-46-12-9-7-10-13-46/h7,9-10,12-17H,2-6,8,11,18-44H2,1H3,(H,49,50). The number of hydrogen-bond donors (Lipinski definition) is 1. The Labute approximate surface area is 383 Å². The molecule has 0 spiro atoms. The van der Waals surface area contributed by atoms with Gasteiger partial charge in [0.1, 0.15) is 19.0 Å². The van der Waals surface area contributed by atoms with E-state index in [-0.39, 0.29) is 6.61 Å². The van der Waals surface area contributed by atoms with Crippen molar-refractivity contribution in [2.24, 2.45) is 0 Å². The van der Waals surface area contributed by atoms with Gasteiger partial charge >= 0.3 is 6.09 Å². The molecule has 1 N–H and O–H groups in total. The summed E-state index contributed by atoms with van der Waals surface area (Å²) in [4.78, 5) is 11.7. The molecule has 2 aromatic rings. The number of benzene rings is 2. The quantitative estimate of drug-likeness (QED) is 0.0760. The van der Waals surface area contributed by atoms with Crippen molar-refractivity contribution in [2.75, 3.05) is 172 Å². The smallest absolute Gasteiger partial charge is 0.407 e. The highest BCUT2D eigenvalue weighted by molar-refractivity contribution is 5.67. The highest BCUT2D eigenvalue weighted by atomic mass is 16.6. The van der Waals surface area contributed by atoms with Crippen LogP contribution in [0.5, 0.6) is 5.75 Å². The Bertz CT molecular complexity index is 1250. The molecule has 0 aliphatic carbocycles. The third kappa shape index (κ3) is 39.4. The lowest BCUT2D eigenvalue weighted by Crippen LogP contribution is -2.28. The predicted octanol–water partition coefficient (Wildman–Crippen LogP) is 6.09. The van der Waals surface area contributed by atoms with Crippen LogP contribution in [0.15, 0.2) is 54.6 Å². The van der Waals surface area contributed by atoms with Crippen LogP contribution < -0.4 is 10.1 Å². The Balaban J connectivity index is 1.14. The number of aryl methyl sites for hydroxylation is 1. The van der Waals surface area contributed by atoms with Crippen LogP contribution in [-0.4, -0.2) is 178 Å². The zero-order chi connectivity index (χ0) is 45.3. The van der Waals surface area contributed by atoms with E-state index in [4.69, 9.17) is 66.3 Å². The fourth-order valence-corrected chi connectivity index (χ4v) is 5.60. The maximum absolute atomic E-state index is 11.7. The first-order chi connectivity index (χ1) is 31.8. The molecule has 2 rings (SSSR count). The first kappa shape index (κ1) is 57.2. The summed E-state index contributed by atoms with van der Waals surface area (Å²) in [6.45, 7) is 15.0. The Hall–Kier alpha value is -2.97. The number of alkyl carbamates (subject to hydrolysis) is 1. The van der Waals surface area contributed by atoms with E-state index in [1.54, 1.807) is 0 Å². The van der Waals surface area contributed by atoms with Gasteiger partial charge in [0.2, 0.25) is 0 Å². The maximum atomic E-state index is 11.7. The molecule has 64 heavy (non-hydrogen) atoms. The molecule has 0 atom stereocenters. The lowest BCUT2D eigenvalue weighted by atomic mass is 10.0. The highest BCUT2D eigenvalue weighted by Crippen LogP contribution is 2.15. The van der Waals surface area contributed by atoms with E-state index in [1.165, 1.54) is 44.1 Å². The molecule has 16 heteroatoms. The number of carbonyl (C=O) groups is 1. The lowest BCUT2D eigenvalue weighted by molar-refractivity contribution is -0.0285. The minimum absolute atomic E-state index is 0.235. The number of carbonyl (C=O) groups excluding carboxylic acids is 1. The SMILES string of the molecule is CCCCCCCCc1ccc(OCCOCCOCCOCCOCCOCCOCCOCCOCCOCCOCCOCCOCCNC(=O)OCc2ccccc2)cc1. The van der Waals surface area contributed by atoms with Gasteiger partial charge in [0.05, 0.1) is 159 Å². The first-order valence-corrected chi connectivity index (χ1v) is 23.4. The minimum Gasteiger partial charge on any atom is -0.491 e. The van der Waals surface area contributed by atoms with Crippen LogP contribution in [0.2, 0.25) is 0 Å². The monoisotopic (exact) mass is 912 g/mol. The Morgan fingerprint density at radius 3 is 1.16 bits per heavy atom. The molecule has 16 nitrogen and oxygen atoms in total. The van der Waals surface area contributed by atoms with Crippen molar-refractivity contribution in [2.45, 2.75) is 58.5 Å². The average molecular weight is 912 g/mol. The molecular weight excluding hydrogens is 831 g/mol. The molecule has 2 aromatic carbocycles. The van der Waals surface area contributed by atoms with Gasteiger partial charge in [0.25, 0.3) is 0 Å². The molecule has 0 bridgehead atoms. The molecule has 1 amide bonds. The van der Waals surface area contributed by atoms with Crippen LogP contribution in [-0.2, 0) is 74.6 Å². The van der Waals surface area contributed by atoms with Crippen molar-refractivity contribution in [1.82, 2.24) is 5.32 Å². The summed E-state index contributed by atoms with van der Waals surface area (Å²) in [5.41, 5.74) is 2.31. The van der Waals surface area contributed by atoms with Gasteiger partial charge in [-0.1, -0.05) is 81.5 Å². The van der Waals surface area contributed by atoms with Crippen LogP contribution in [0.25, 0.3) is 0 Å². The molecule has 0 aromatic heterocycles. The van der Waals surface area contributed by atoms with E-state index >= 15 is 0 Å². The maximum Gasteiger partial charge on any atom is 0.407 e. The van der Waals surface area contributed by atoms with Gasteiger partial charge in [-0.25, -0.2) is 4.79 Å².